The summed E-state index contributed by atoms with van der Waals surface area (Å²) >= 11 is 0. The van der Waals surface area contributed by atoms with Gasteiger partial charge in [0.25, 0.3) is 0 Å². The number of rotatable bonds is 5. The van der Waals surface area contributed by atoms with E-state index in [0.29, 0.717) is 25.3 Å². The first-order valence-corrected chi connectivity index (χ1v) is 7.63. The van der Waals surface area contributed by atoms with Crippen molar-refractivity contribution in [3.05, 3.63) is 30.1 Å². The van der Waals surface area contributed by atoms with Gasteiger partial charge in [-0.25, -0.2) is 4.39 Å². The van der Waals surface area contributed by atoms with Crippen LogP contribution in [0.2, 0.25) is 0 Å². The number of nitrogens with zero attached hydrogens (tertiary/aromatic N) is 2. The Labute approximate surface area is 113 Å². The van der Waals surface area contributed by atoms with Gasteiger partial charge in [-0.1, -0.05) is 0 Å². The summed E-state index contributed by atoms with van der Waals surface area (Å²) in [5.74, 6) is -0.369. The fraction of sp³-hybridized carbons (Fsp3) is 0.500. The molecule has 0 aliphatic carbocycles. The Hall–Kier alpha value is -1.18. The van der Waals surface area contributed by atoms with E-state index in [1.54, 1.807) is 0 Å². The zero-order valence-electron chi connectivity index (χ0n) is 10.8. The SMILES string of the molecule is CNCCCN1CCN(c2ccc(F)cc2)S1(=O)=O. The molecule has 0 aromatic heterocycles. The average molecular weight is 287 g/mol. The summed E-state index contributed by atoms with van der Waals surface area (Å²) in [7, 11) is -1.62. The molecule has 2 rings (SSSR count). The number of hydrogen-bond donors (Lipinski definition) is 1. The van der Waals surface area contributed by atoms with E-state index in [2.05, 4.69) is 5.32 Å². The third kappa shape index (κ3) is 3.05. The number of anilines is 1. The molecule has 7 heteroatoms. The summed E-state index contributed by atoms with van der Waals surface area (Å²) in [4.78, 5) is 0. The molecule has 5 nitrogen and oxygen atoms in total. The molecule has 1 fully saturated rings. The number of benzene rings is 1. The Kier molecular flexibility index (Phi) is 4.38. The van der Waals surface area contributed by atoms with Crippen LogP contribution in [0.5, 0.6) is 0 Å². The van der Waals surface area contributed by atoms with Crippen LogP contribution in [-0.4, -0.2) is 45.9 Å². The molecule has 1 aliphatic rings. The largest absolute Gasteiger partial charge is 0.320 e. The molecular formula is C12H18FN3O2S. The molecule has 0 unspecified atom stereocenters. The normalized spacial score (nSPS) is 18.9. The molecule has 1 heterocycles. The summed E-state index contributed by atoms with van der Waals surface area (Å²) in [6, 6.07) is 5.52. The Morgan fingerprint density at radius 2 is 1.95 bits per heavy atom. The van der Waals surface area contributed by atoms with Gasteiger partial charge in [-0.05, 0) is 44.3 Å². The summed E-state index contributed by atoms with van der Waals surface area (Å²) in [6.45, 7) is 2.17. The lowest BCUT2D eigenvalue weighted by atomic mass is 10.3. The van der Waals surface area contributed by atoms with Gasteiger partial charge in [-0.3, -0.25) is 4.31 Å². The van der Waals surface area contributed by atoms with Gasteiger partial charge in [0.05, 0.1) is 5.69 Å². The van der Waals surface area contributed by atoms with Crippen molar-refractivity contribution in [2.75, 3.05) is 37.5 Å². The number of halogens is 1. The van der Waals surface area contributed by atoms with E-state index in [4.69, 9.17) is 0 Å². The fourth-order valence-corrected chi connectivity index (χ4v) is 3.75. The van der Waals surface area contributed by atoms with Crippen LogP contribution >= 0.6 is 0 Å². The van der Waals surface area contributed by atoms with Crippen LogP contribution in [0.25, 0.3) is 0 Å². The monoisotopic (exact) mass is 287 g/mol. The summed E-state index contributed by atoms with van der Waals surface area (Å²) in [5.41, 5.74) is 0.512. The van der Waals surface area contributed by atoms with Crippen LogP contribution < -0.4 is 9.62 Å². The van der Waals surface area contributed by atoms with E-state index in [0.717, 1.165) is 13.0 Å². The Bertz CT molecular complexity index is 518. The van der Waals surface area contributed by atoms with E-state index in [1.165, 1.54) is 32.9 Å². The van der Waals surface area contributed by atoms with E-state index < -0.39 is 10.2 Å². The van der Waals surface area contributed by atoms with Crippen molar-refractivity contribution in [3.8, 4) is 0 Å². The van der Waals surface area contributed by atoms with Crippen molar-refractivity contribution < 1.29 is 12.8 Å². The molecule has 1 saturated heterocycles. The van der Waals surface area contributed by atoms with Gasteiger partial charge < -0.3 is 5.32 Å². The molecule has 1 aromatic rings. The van der Waals surface area contributed by atoms with Crippen LogP contribution in [0.4, 0.5) is 10.1 Å². The third-order valence-corrected chi connectivity index (χ3v) is 5.07. The summed E-state index contributed by atoms with van der Waals surface area (Å²) in [5, 5.41) is 2.99. The zero-order valence-corrected chi connectivity index (χ0v) is 11.7. The predicted molar refractivity (Wildman–Crippen MR) is 72.8 cm³/mol. The first-order chi connectivity index (χ1) is 9.05. The topological polar surface area (TPSA) is 52.6 Å². The van der Waals surface area contributed by atoms with E-state index in [-0.39, 0.29) is 5.82 Å². The minimum atomic E-state index is -3.46. The van der Waals surface area contributed by atoms with Gasteiger partial charge in [0.2, 0.25) is 0 Å². The van der Waals surface area contributed by atoms with E-state index >= 15 is 0 Å². The highest BCUT2D eigenvalue weighted by Gasteiger charge is 2.36. The van der Waals surface area contributed by atoms with Gasteiger partial charge in [-0.2, -0.15) is 12.7 Å². The van der Waals surface area contributed by atoms with Crippen LogP contribution in [0.3, 0.4) is 0 Å². The fourth-order valence-electron chi connectivity index (χ4n) is 2.10. The molecule has 19 heavy (non-hydrogen) atoms. The van der Waals surface area contributed by atoms with Crippen LogP contribution in [0.15, 0.2) is 24.3 Å². The van der Waals surface area contributed by atoms with Gasteiger partial charge >= 0.3 is 10.2 Å². The molecule has 106 valence electrons. The van der Waals surface area contributed by atoms with Crippen molar-refractivity contribution in [1.82, 2.24) is 9.62 Å². The molecule has 0 atom stereocenters. The van der Waals surface area contributed by atoms with Crippen LogP contribution in [-0.2, 0) is 10.2 Å². The van der Waals surface area contributed by atoms with Crippen molar-refractivity contribution in [3.63, 3.8) is 0 Å². The Balaban J connectivity index is 2.10. The second kappa shape index (κ2) is 5.85. The van der Waals surface area contributed by atoms with Gasteiger partial charge in [0.15, 0.2) is 0 Å². The standard InChI is InChI=1S/C12H18FN3O2S/c1-14-7-2-8-15-9-10-16(19(15,17)18)12-5-3-11(13)4-6-12/h3-6,14H,2,7-10H2,1H3. The van der Waals surface area contributed by atoms with E-state index in [1.807, 2.05) is 7.05 Å². The highest BCUT2D eigenvalue weighted by Crippen LogP contribution is 2.25. The minimum absolute atomic E-state index is 0.369. The molecule has 1 aliphatic heterocycles. The third-order valence-electron chi connectivity index (χ3n) is 3.11. The van der Waals surface area contributed by atoms with Crippen molar-refractivity contribution >= 4 is 15.9 Å². The maximum atomic E-state index is 12.9. The quantitative estimate of drug-likeness (QED) is 0.815. The molecule has 1 N–H and O–H groups in total. The summed E-state index contributed by atoms with van der Waals surface area (Å²) in [6.07, 6.45) is 0.771. The molecule has 0 radical (unpaired) electrons. The molecule has 1 aromatic carbocycles. The first-order valence-electron chi connectivity index (χ1n) is 6.23. The second-order valence-corrected chi connectivity index (χ2v) is 6.27. The van der Waals surface area contributed by atoms with Crippen molar-refractivity contribution in [1.29, 1.82) is 0 Å². The molecule has 0 spiro atoms. The predicted octanol–water partition coefficient (Wildman–Crippen LogP) is 0.802. The van der Waals surface area contributed by atoms with Crippen LogP contribution in [0.1, 0.15) is 6.42 Å². The Morgan fingerprint density at radius 3 is 2.58 bits per heavy atom. The number of hydrogen-bond acceptors (Lipinski definition) is 3. The molecular weight excluding hydrogens is 269 g/mol. The lowest BCUT2D eigenvalue weighted by molar-refractivity contribution is 0.438. The average Bonchev–Trinajstić information content (AvgIpc) is 2.67. The Morgan fingerprint density at radius 1 is 1.26 bits per heavy atom. The van der Waals surface area contributed by atoms with Gasteiger partial charge in [-0.15, -0.1) is 0 Å². The van der Waals surface area contributed by atoms with E-state index in [9.17, 15) is 12.8 Å². The lowest BCUT2D eigenvalue weighted by Crippen LogP contribution is -2.34. The molecule has 0 saturated carbocycles. The van der Waals surface area contributed by atoms with Crippen LogP contribution in [0, 0.1) is 5.82 Å². The highest BCUT2D eigenvalue weighted by molar-refractivity contribution is 7.90. The zero-order chi connectivity index (χ0) is 13.9. The van der Waals surface area contributed by atoms with Gasteiger partial charge in [0.1, 0.15) is 5.82 Å². The van der Waals surface area contributed by atoms with Gasteiger partial charge in [0, 0.05) is 19.6 Å². The maximum absolute atomic E-state index is 12.9. The lowest BCUT2D eigenvalue weighted by Gasteiger charge is -2.20. The molecule has 0 bridgehead atoms. The molecule has 0 amide bonds. The minimum Gasteiger partial charge on any atom is -0.320 e. The van der Waals surface area contributed by atoms with Crippen molar-refractivity contribution in [2.45, 2.75) is 6.42 Å². The first kappa shape index (κ1) is 14.2. The summed E-state index contributed by atoms with van der Waals surface area (Å²) < 4.78 is 40.3. The number of nitrogens with one attached hydrogen (secondary N) is 1. The highest BCUT2D eigenvalue weighted by atomic mass is 32.2. The smallest absolute Gasteiger partial charge is 0.304 e. The maximum Gasteiger partial charge on any atom is 0.304 e. The van der Waals surface area contributed by atoms with Crippen molar-refractivity contribution in [2.24, 2.45) is 0 Å². The second-order valence-electron chi connectivity index (χ2n) is 4.41.